The zero-order chi connectivity index (χ0) is 13.0. The van der Waals surface area contributed by atoms with Crippen LogP contribution in [0.4, 0.5) is 0 Å². The molecule has 0 radical (unpaired) electrons. The molecule has 0 saturated heterocycles. The Hall–Kier alpha value is -0.570. The molecule has 2 nitrogen and oxygen atoms in total. The molecule has 1 saturated carbocycles. The number of hydrogen-bond acceptors (Lipinski definition) is 2. The van der Waals surface area contributed by atoms with E-state index in [1.807, 2.05) is 31.2 Å². The van der Waals surface area contributed by atoms with Crippen LogP contribution in [-0.4, -0.2) is 17.7 Å². The summed E-state index contributed by atoms with van der Waals surface area (Å²) in [5, 5.41) is 14.7. The number of aliphatic hydroxyl groups is 1. The number of benzene rings is 1. The van der Waals surface area contributed by atoms with Gasteiger partial charge in [-0.05, 0) is 37.5 Å². The SMILES string of the molecule is CC(O)(CNC1CCCCC1)c1cccc(Cl)c1. The molecule has 0 spiro atoms. The van der Waals surface area contributed by atoms with Crippen molar-refractivity contribution in [3.63, 3.8) is 0 Å². The van der Waals surface area contributed by atoms with Gasteiger partial charge in [-0.15, -0.1) is 0 Å². The van der Waals surface area contributed by atoms with Gasteiger partial charge < -0.3 is 10.4 Å². The van der Waals surface area contributed by atoms with Crippen LogP contribution in [0.1, 0.15) is 44.6 Å². The fourth-order valence-electron chi connectivity index (χ4n) is 2.58. The standard InChI is InChI=1S/C15H22ClNO/c1-15(18,12-6-5-7-13(16)10-12)11-17-14-8-3-2-4-9-14/h5-7,10,14,17-18H,2-4,8-9,11H2,1H3. The lowest BCUT2D eigenvalue weighted by Gasteiger charge is -2.29. The van der Waals surface area contributed by atoms with Gasteiger partial charge in [-0.2, -0.15) is 0 Å². The van der Waals surface area contributed by atoms with Crippen LogP contribution in [0.5, 0.6) is 0 Å². The Morgan fingerprint density at radius 2 is 2.06 bits per heavy atom. The second-order valence-corrected chi connectivity index (χ2v) is 5.94. The molecule has 1 fully saturated rings. The van der Waals surface area contributed by atoms with E-state index in [0.717, 1.165) is 5.56 Å². The lowest BCUT2D eigenvalue weighted by atomic mass is 9.92. The molecule has 0 bridgehead atoms. The fraction of sp³-hybridized carbons (Fsp3) is 0.600. The maximum atomic E-state index is 10.5. The summed E-state index contributed by atoms with van der Waals surface area (Å²) in [6, 6.07) is 8.03. The maximum Gasteiger partial charge on any atom is 0.0992 e. The number of nitrogens with one attached hydrogen (secondary N) is 1. The van der Waals surface area contributed by atoms with Crippen molar-refractivity contribution in [2.45, 2.75) is 50.7 Å². The largest absolute Gasteiger partial charge is 0.384 e. The lowest BCUT2D eigenvalue weighted by Crippen LogP contribution is -2.41. The maximum absolute atomic E-state index is 10.5. The third kappa shape index (κ3) is 3.71. The molecule has 1 aromatic rings. The van der Waals surface area contributed by atoms with Crippen molar-refractivity contribution in [3.8, 4) is 0 Å². The average molecular weight is 268 g/mol. The van der Waals surface area contributed by atoms with Crippen molar-refractivity contribution in [1.82, 2.24) is 5.32 Å². The van der Waals surface area contributed by atoms with Gasteiger partial charge in [0.05, 0.1) is 5.60 Å². The van der Waals surface area contributed by atoms with Gasteiger partial charge in [0, 0.05) is 17.6 Å². The van der Waals surface area contributed by atoms with Gasteiger partial charge in [-0.3, -0.25) is 0 Å². The molecule has 2 rings (SSSR count). The van der Waals surface area contributed by atoms with Crippen LogP contribution < -0.4 is 5.32 Å². The van der Waals surface area contributed by atoms with Gasteiger partial charge in [0.15, 0.2) is 0 Å². The van der Waals surface area contributed by atoms with Crippen molar-refractivity contribution in [2.24, 2.45) is 0 Å². The van der Waals surface area contributed by atoms with Gasteiger partial charge in [0.25, 0.3) is 0 Å². The molecule has 1 atom stereocenters. The predicted octanol–water partition coefficient (Wildman–Crippen LogP) is 3.47. The van der Waals surface area contributed by atoms with Gasteiger partial charge in [0.2, 0.25) is 0 Å². The predicted molar refractivity (Wildman–Crippen MR) is 75.9 cm³/mol. The molecular formula is C15H22ClNO. The minimum absolute atomic E-state index is 0.560. The smallest absolute Gasteiger partial charge is 0.0992 e. The van der Waals surface area contributed by atoms with Crippen LogP contribution in [-0.2, 0) is 5.60 Å². The van der Waals surface area contributed by atoms with Gasteiger partial charge in [0.1, 0.15) is 0 Å². The molecule has 1 unspecified atom stereocenters. The second kappa shape index (κ2) is 6.05. The van der Waals surface area contributed by atoms with E-state index in [1.165, 1.54) is 32.1 Å². The molecule has 3 heteroatoms. The first kappa shape index (κ1) is 13.9. The molecule has 0 aliphatic heterocycles. The summed E-state index contributed by atoms with van der Waals surface area (Å²) in [6.07, 6.45) is 6.41. The summed E-state index contributed by atoms with van der Waals surface area (Å²) in [5.41, 5.74) is 0.0147. The summed E-state index contributed by atoms with van der Waals surface area (Å²) >= 11 is 5.97. The minimum Gasteiger partial charge on any atom is -0.384 e. The molecule has 1 aromatic carbocycles. The summed E-state index contributed by atoms with van der Waals surface area (Å²) in [5.74, 6) is 0. The molecule has 0 amide bonds. The Kier molecular flexibility index (Phi) is 4.66. The summed E-state index contributed by atoms with van der Waals surface area (Å²) in [6.45, 7) is 2.42. The van der Waals surface area contributed by atoms with E-state index in [4.69, 9.17) is 11.6 Å². The monoisotopic (exact) mass is 267 g/mol. The molecular weight excluding hydrogens is 246 g/mol. The zero-order valence-corrected chi connectivity index (χ0v) is 11.7. The Morgan fingerprint density at radius 3 is 2.72 bits per heavy atom. The Morgan fingerprint density at radius 1 is 1.33 bits per heavy atom. The number of hydrogen-bond donors (Lipinski definition) is 2. The molecule has 0 aromatic heterocycles. The zero-order valence-electron chi connectivity index (χ0n) is 11.0. The first-order valence-electron chi connectivity index (χ1n) is 6.80. The first-order valence-corrected chi connectivity index (χ1v) is 7.17. The third-order valence-electron chi connectivity index (χ3n) is 3.79. The highest BCUT2D eigenvalue weighted by Gasteiger charge is 2.24. The van der Waals surface area contributed by atoms with Crippen LogP contribution in [0.2, 0.25) is 5.02 Å². The highest BCUT2D eigenvalue weighted by molar-refractivity contribution is 6.30. The summed E-state index contributed by atoms with van der Waals surface area (Å²) in [7, 11) is 0. The van der Waals surface area contributed by atoms with Gasteiger partial charge in [-0.25, -0.2) is 0 Å². The van der Waals surface area contributed by atoms with E-state index < -0.39 is 5.60 Å². The van der Waals surface area contributed by atoms with Crippen molar-refractivity contribution >= 4 is 11.6 Å². The van der Waals surface area contributed by atoms with Gasteiger partial charge >= 0.3 is 0 Å². The Bertz CT molecular complexity index is 386. The third-order valence-corrected chi connectivity index (χ3v) is 4.02. The van der Waals surface area contributed by atoms with Crippen molar-refractivity contribution < 1.29 is 5.11 Å². The molecule has 18 heavy (non-hydrogen) atoms. The van der Waals surface area contributed by atoms with Crippen LogP contribution in [0.15, 0.2) is 24.3 Å². The highest BCUT2D eigenvalue weighted by Crippen LogP contribution is 2.24. The molecule has 100 valence electrons. The van der Waals surface area contributed by atoms with E-state index in [2.05, 4.69) is 5.32 Å². The van der Waals surface area contributed by atoms with Gasteiger partial charge in [-0.1, -0.05) is 43.0 Å². The van der Waals surface area contributed by atoms with E-state index in [1.54, 1.807) is 0 Å². The van der Waals surface area contributed by atoms with Crippen LogP contribution in [0.3, 0.4) is 0 Å². The summed E-state index contributed by atoms with van der Waals surface area (Å²) in [4.78, 5) is 0. The number of halogens is 1. The lowest BCUT2D eigenvalue weighted by molar-refractivity contribution is 0.0522. The Labute approximate surface area is 114 Å². The van der Waals surface area contributed by atoms with Crippen LogP contribution in [0.25, 0.3) is 0 Å². The van der Waals surface area contributed by atoms with E-state index in [9.17, 15) is 5.11 Å². The Balaban J connectivity index is 1.94. The van der Waals surface area contributed by atoms with E-state index in [0.29, 0.717) is 17.6 Å². The normalized spacial score (nSPS) is 20.6. The topological polar surface area (TPSA) is 32.3 Å². The van der Waals surface area contributed by atoms with Crippen LogP contribution in [0, 0.1) is 0 Å². The molecule has 1 aliphatic carbocycles. The van der Waals surface area contributed by atoms with Crippen molar-refractivity contribution in [3.05, 3.63) is 34.9 Å². The van der Waals surface area contributed by atoms with Crippen LogP contribution >= 0.6 is 11.6 Å². The average Bonchev–Trinajstić information content (AvgIpc) is 2.38. The second-order valence-electron chi connectivity index (χ2n) is 5.50. The molecule has 2 N–H and O–H groups in total. The van der Waals surface area contributed by atoms with Crippen molar-refractivity contribution in [1.29, 1.82) is 0 Å². The highest BCUT2D eigenvalue weighted by atomic mass is 35.5. The molecule has 1 aliphatic rings. The number of rotatable bonds is 4. The summed E-state index contributed by atoms with van der Waals surface area (Å²) < 4.78 is 0. The minimum atomic E-state index is -0.859. The quantitative estimate of drug-likeness (QED) is 0.876. The van der Waals surface area contributed by atoms with E-state index in [-0.39, 0.29) is 0 Å². The fourth-order valence-corrected chi connectivity index (χ4v) is 2.77. The van der Waals surface area contributed by atoms with E-state index >= 15 is 0 Å². The first-order chi connectivity index (χ1) is 8.58. The van der Waals surface area contributed by atoms with Crippen molar-refractivity contribution in [2.75, 3.05) is 6.54 Å². The molecule has 0 heterocycles.